The van der Waals surface area contributed by atoms with E-state index in [0.717, 1.165) is 12.1 Å². The number of nitrogens with one attached hydrogen (secondary N) is 1. The van der Waals surface area contributed by atoms with Crippen molar-refractivity contribution < 1.29 is 4.74 Å². The fraction of sp³-hybridized carbons (Fsp3) is 0.312. The molecule has 2 aromatic rings. The summed E-state index contributed by atoms with van der Waals surface area (Å²) in [7, 11) is 0. The van der Waals surface area contributed by atoms with Gasteiger partial charge >= 0.3 is 0 Å². The van der Waals surface area contributed by atoms with Crippen molar-refractivity contribution in [2.24, 2.45) is 5.92 Å². The van der Waals surface area contributed by atoms with Crippen LogP contribution in [0, 0.1) is 5.92 Å². The smallest absolute Gasteiger partial charge is 0.219 e. The number of ether oxygens (including phenoxy) is 1. The highest BCUT2D eigenvalue weighted by molar-refractivity contribution is 6.32. The van der Waals surface area contributed by atoms with Crippen LogP contribution in [0.15, 0.2) is 36.5 Å². The largest absolute Gasteiger partial charge is 0.437 e. The maximum absolute atomic E-state index is 6.16. The van der Waals surface area contributed by atoms with E-state index in [1.165, 1.54) is 0 Å². The second-order valence-corrected chi connectivity index (χ2v) is 5.99. The van der Waals surface area contributed by atoms with Crippen LogP contribution in [0.3, 0.4) is 0 Å². The molecule has 0 atom stereocenters. The Labute approximate surface area is 135 Å². The van der Waals surface area contributed by atoms with Gasteiger partial charge in [0.1, 0.15) is 5.75 Å². The zero-order valence-electron chi connectivity index (χ0n) is 12.1. The Kier molecular flexibility index (Phi) is 5.85. The molecule has 5 heteroatoms. The van der Waals surface area contributed by atoms with Gasteiger partial charge in [-0.1, -0.05) is 49.2 Å². The fourth-order valence-corrected chi connectivity index (χ4v) is 2.13. The molecule has 0 aliphatic rings. The summed E-state index contributed by atoms with van der Waals surface area (Å²) in [4.78, 5) is 4.18. The summed E-state index contributed by atoms with van der Waals surface area (Å²) in [6, 6.07) is 9.13. The molecular formula is C16H18Cl2N2O. The van der Waals surface area contributed by atoms with Crippen LogP contribution in [-0.2, 0) is 6.54 Å². The van der Waals surface area contributed by atoms with E-state index in [-0.39, 0.29) is 0 Å². The Hall–Kier alpha value is -1.29. The number of nitrogens with zero attached hydrogens (tertiary/aromatic N) is 1. The van der Waals surface area contributed by atoms with Crippen molar-refractivity contribution in [1.82, 2.24) is 10.3 Å². The lowest BCUT2D eigenvalue weighted by molar-refractivity contribution is 0.461. The van der Waals surface area contributed by atoms with Gasteiger partial charge in [0.25, 0.3) is 0 Å². The number of para-hydroxylation sites is 1. The Morgan fingerprint density at radius 3 is 2.67 bits per heavy atom. The molecular weight excluding hydrogens is 307 g/mol. The van der Waals surface area contributed by atoms with E-state index in [4.69, 9.17) is 27.9 Å². The molecule has 0 spiro atoms. The SMILES string of the molecule is CC(C)CNCc1cc(Oc2ccccc2Cl)ncc1Cl. The number of hydrogen-bond acceptors (Lipinski definition) is 3. The molecule has 0 saturated heterocycles. The minimum absolute atomic E-state index is 0.480. The Balaban J connectivity index is 2.09. The molecule has 0 fully saturated rings. The van der Waals surface area contributed by atoms with Crippen LogP contribution in [0.4, 0.5) is 0 Å². The monoisotopic (exact) mass is 324 g/mol. The molecule has 0 bridgehead atoms. The summed E-state index contributed by atoms with van der Waals surface area (Å²) >= 11 is 12.2. The van der Waals surface area contributed by atoms with E-state index in [1.807, 2.05) is 18.2 Å². The van der Waals surface area contributed by atoms with E-state index in [0.29, 0.717) is 34.1 Å². The first-order chi connectivity index (χ1) is 10.1. The minimum Gasteiger partial charge on any atom is -0.437 e. The lowest BCUT2D eigenvalue weighted by atomic mass is 10.2. The van der Waals surface area contributed by atoms with Gasteiger partial charge in [0, 0.05) is 18.8 Å². The molecule has 21 heavy (non-hydrogen) atoms. The maximum atomic E-state index is 6.16. The lowest BCUT2D eigenvalue weighted by Crippen LogP contribution is -2.19. The third-order valence-corrected chi connectivity index (χ3v) is 3.48. The predicted octanol–water partition coefficient (Wildman–Crippen LogP) is 4.93. The molecule has 3 nitrogen and oxygen atoms in total. The van der Waals surface area contributed by atoms with Gasteiger partial charge < -0.3 is 10.1 Å². The first-order valence-electron chi connectivity index (χ1n) is 6.84. The lowest BCUT2D eigenvalue weighted by Gasteiger charge is -2.11. The zero-order valence-corrected chi connectivity index (χ0v) is 13.6. The third kappa shape index (κ3) is 4.88. The van der Waals surface area contributed by atoms with Crippen molar-refractivity contribution in [2.45, 2.75) is 20.4 Å². The number of hydrogen-bond donors (Lipinski definition) is 1. The molecule has 1 aromatic heterocycles. The second-order valence-electron chi connectivity index (χ2n) is 5.17. The van der Waals surface area contributed by atoms with Crippen molar-refractivity contribution >= 4 is 23.2 Å². The van der Waals surface area contributed by atoms with Crippen molar-refractivity contribution in [1.29, 1.82) is 0 Å². The first-order valence-corrected chi connectivity index (χ1v) is 7.59. The van der Waals surface area contributed by atoms with Crippen LogP contribution in [0.2, 0.25) is 10.0 Å². The van der Waals surface area contributed by atoms with Crippen molar-refractivity contribution in [2.75, 3.05) is 6.54 Å². The number of rotatable bonds is 6. The number of benzene rings is 1. The van der Waals surface area contributed by atoms with Gasteiger partial charge in [-0.2, -0.15) is 0 Å². The summed E-state index contributed by atoms with van der Waals surface area (Å²) in [6.07, 6.45) is 1.60. The number of halogens is 2. The molecule has 1 heterocycles. The minimum atomic E-state index is 0.480. The number of aromatic nitrogens is 1. The van der Waals surface area contributed by atoms with E-state index < -0.39 is 0 Å². The predicted molar refractivity (Wildman–Crippen MR) is 87.3 cm³/mol. The average Bonchev–Trinajstić information content (AvgIpc) is 2.44. The summed E-state index contributed by atoms with van der Waals surface area (Å²) < 4.78 is 5.70. The van der Waals surface area contributed by atoms with Gasteiger partial charge in [0.05, 0.1) is 10.0 Å². The summed E-state index contributed by atoms with van der Waals surface area (Å²) in [5.41, 5.74) is 0.953. The highest BCUT2D eigenvalue weighted by Gasteiger charge is 2.07. The van der Waals surface area contributed by atoms with Gasteiger partial charge in [0.2, 0.25) is 5.88 Å². The molecule has 0 amide bonds. The summed E-state index contributed by atoms with van der Waals surface area (Å²) in [6.45, 7) is 5.93. The van der Waals surface area contributed by atoms with Crippen LogP contribution >= 0.6 is 23.2 Å². The van der Waals surface area contributed by atoms with Gasteiger partial charge in [-0.05, 0) is 30.2 Å². The van der Waals surface area contributed by atoms with Crippen LogP contribution in [-0.4, -0.2) is 11.5 Å². The molecule has 1 aromatic carbocycles. The molecule has 112 valence electrons. The highest BCUT2D eigenvalue weighted by Crippen LogP contribution is 2.29. The quantitative estimate of drug-likeness (QED) is 0.818. The Bertz CT molecular complexity index is 603. The number of pyridine rings is 1. The van der Waals surface area contributed by atoms with Gasteiger partial charge in [0.15, 0.2) is 0 Å². The standard InChI is InChI=1S/C16H18Cl2N2O/c1-11(2)8-19-9-12-7-16(20-10-14(12)18)21-15-6-4-3-5-13(15)17/h3-7,10-11,19H,8-9H2,1-2H3. The molecule has 0 aliphatic heterocycles. The van der Waals surface area contributed by atoms with Gasteiger partial charge in [-0.25, -0.2) is 4.98 Å². The maximum Gasteiger partial charge on any atom is 0.219 e. The van der Waals surface area contributed by atoms with E-state index in [2.05, 4.69) is 24.1 Å². The zero-order chi connectivity index (χ0) is 15.2. The molecule has 0 aliphatic carbocycles. The molecule has 2 rings (SSSR count). The molecule has 0 saturated carbocycles. The second kappa shape index (κ2) is 7.64. The molecule has 1 N–H and O–H groups in total. The van der Waals surface area contributed by atoms with Crippen molar-refractivity contribution in [3.05, 3.63) is 52.1 Å². The average molecular weight is 325 g/mol. The van der Waals surface area contributed by atoms with Crippen LogP contribution in [0.1, 0.15) is 19.4 Å². The third-order valence-electron chi connectivity index (χ3n) is 2.83. The van der Waals surface area contributed by atoms with Crippen molar-refractivity contribution in [3.63, 3.8) is 0 Å². The van der Waals surface area contributed by atoms with E-state index in [9.17, 15) is 0 Å². The fourth-order valence-electron chi connectivity index (χ4n) is 1.79. The van der Waals surface area contributed by atoms with Gasteiger partial charge in [-0.3, -0.25) is 0 Å². The molecule has 0 radical (unpaired) electrons. The van der Waals surface area contributed by atoms with E-state index >= 15 is 0 Å². The van der Waals surface area contributed by atoms with Crippen LogP contribution < -0.4 is 10.1 Å². The summed E-state index contributed by atoms with van der Waals surface area (Å²) in [5.74, 6) is 1.65. The topological polar surface area (TPSA) is 34.1 Å². The van der Waals surface area contributed by atoms with Crippen molar-refractivity contribution in [3.8, 4) is 11.6 Å². The van der Waals surface area contributed by atoms with Crippen LogP contribution in [0.5, 0.6) is 11.6 Å². The molecule has 0 unspecified atom stereocenters. The van der Waals surface area contributed by atoms with E-state index in [1.54, 1.807) is 18.3 Å². The Morgan fingerprint density at radius 2 is 1.95 bits per heavy atom. The normalized spacial score (nSPS) is 10.9. The van der Waals surface area contributed by atoms with Gasteiger partial charge in [-0.15, -0.1) is 0 Å². The van der Waals surface area contributed by atoms with Crippen LogP contribution in [0.25, 0.3) is 0 Å². The highest BCUT2D eigenvalue weighted by atomic mass is 35.5. The summed E-state index contributed by atoms with van der Waals surface area (Å²) in [5, 5.41) is 4.52. The Morgan fingerprint density at radius 1 is 1.19 bits per heavy atom. The first kappa shape index (κ1) is 16.1.